The summed E-state index contributed by atoms with van der Waals surface area (Å²) in [5, 5.41) is 19.4. The Kier molecular flexibility index (Phi) is 5.21. The maximum Gasteiger partial charge on any atom is 0.272 e. The van der Waals surface area contributed by atoms with Gasteiger partial charge in [0.25, 0.3) is 11.6 Å². The number of nitriles is 1. The van der Waals surface area contributed by atoms with Crippen LogP contribution in [0.2, 0.25) is 0 Å². The quantitative estimate of drug-likeness (QED) is 0.610. The Hall–Kier alpha value is -2.42. The maximum atomic E-state index is 12.4. The zero-order chi connectivity index (χ0) is 15.3. The van der Waals surface area contributed by atoms with Gasteiger partial charge in [0.15, 0.2) is 0 Å². The number of carbonyl (C=O) groups excluding carboxylic acids is 1. The van der Waals surface area contributed by atoms with Crippen LogP contribution in [-0.2, 0) is 0 Å². The third-order valence-corrected chi connectivity index (χ3v) is 2.99. The molecule has 0 unspecified atom stereocenters. The molecule has 0 radical (unpaired) electrons. The molecular weight excluding hydrogens is 258 g/mol. The highest BCUT2D eigenvalue weighted by Crippen LogP contribution is 2.20. The molecule has 6 nitrogen and oxygen atoms in total. The van der Waals surface area contributed by atoms with Crippen molar-refractivity contribution in [2.45, 2.75) is 33.2 Å². The summed E-state index contributed by atoms with van der Waals surface area (Å²) in [6, 6.07) is 6.28. The Balaban J connectivity index is 3.04. The van der Waals surface area contributed by atoms with Crippen molar-refractivity contribution in [2.24, 2.45) is 0 Å². The number of aryl methyl sites for hydroxylation is 1. The number of rotatable bonds is 5. The van der Waals surface area contributed by atoms with E-state index in [4.69, 9.17) is 5.26 Å². The molecule has 1 aromatic rings. The minimum Gasteiger partial charge on any atom is -0.335 e. The average Bonchev–Trinajstić information content (AvgIpc) is 2.37. The minimum atomic E-state index is -0.473. The van der Waals surface area contributed by atoms with E-state index >= 15 is 0 Å². The summed E-state index contributed by atoms with van der Waals surface area (Å²) in [6.45, 7) is 5.69. The molecule has 20 heavy (non-hydrogen) atoms. The van der Waals surface area contributed by atoms with Crippen LogP contribution in [0.15, 0.2) is 18.2 Å². The van der Waals surface area contributed by atoms with Crippen molar-refractivity contribution >= 4 is 11.6 Å². The second-order valence-corrected chi connectivity index (χ2v) is 4.76. The molecule has 0 spiro atoms. The first kappa shape index (κ1) is 15.6. The van der Waals surface area contributed by atoms with Crippen LogP contribution in [0.5, 0.6) is 0 Å². The molecule has 1 amide bonds. The molecule has 0 aliphatic carbocycles. The lowest BCUT2D eigenvalue weighted by molar-refractivity contribution is -0.385. The zero-order valence-electron chi connectivity index (χ0n) is 11.8. The molecule has 0 aliphatic heterocycles. The molecular formula is C14H17N3O3. The van der Waals surface area contributed by atoms with E-state index in [1.807, 2.05) is 19.9 Å². The Morgan fingerprint density at radius 1 is 1.50 bits per heavy atom. The van der Waals surface area contributed by atoms with Crippen LogP contribution in [0.3, 0.4) is 0 Å². The third kappa shape index (κ3) is 3.54. The monoisotopic (exact) mass is 275 g/mol. The fourth-order valence-corrected chi connectivity index (χ4v) is 1.92. The van der Waals surface area contributed by atoms with Crippen LogP contribution in [0.1, 0.15) is 36.2 Å². The summed E-state index contributed by atoms with van der Waals surface area (Å²) in [4.78, 5) is 24.2. The van der Waals surface area contributed by atoms with Gasteiger partial charge in [-0.3, -0.25) is 14.9 Å². The Morgan fingerprint density at radius 3 is 2.60 bits per heavy atom. The van der Waals surface area contributed by atoms with Gasteiger partial charge in [-0.2, -0.15) is 5.26 Å². The highest BCUT2D eigenvalue weighted by Gasteiger charge is 2.20. The topological polar surface area (TPSA) is 87.2 Å². The highest BCUT2D eigenvalue weighted by molar-refractivity contribution is 5.95. The van der Waals surface area contributed by atoms with Gasteiger partial charge in [0.1, 0.15) is 0 Å². The first-order valence-corrected chi connectivity index (χ1v) is 6.31. The number of hydrogen-bond donors (Lipinski definition) is 0. The van der Waals surface area contributed by atoms with E-state index in [0.717, 1.165) is 0 Å². The standard InChI is InChI=1S/C14H17N3O3/c1-10(2)16(8-4-7-15)14(18)12-5-6-13(17(19)20)11(3)9-12/h5-6,9-10H,4,8H2,1-3H3. The van der Waals surface area contributed by atoms with Gasteiger partial charge >= 0.3 is 0 Å². The number of nitro groups is 1. The van der Waals surface area contributed by atoms with E-state index in [9.17, 15) is 14.9 Å². The molecule has 0 aromatic heterocycles. The lowest BCUT2D eigenvalue weighted by atomic mass is 10.1. The van der Waals surface area contributed by atoms with Gasteiger partial charge in [0, 0.05) is 29.8 Å². The van der Waals surface area contributed by atoms with Crippen LogP contribution in [-0.4, -0.2) is 28.3 Å². The second-order valence-electron chi connectivity index (χ2n) is 4.76. The smallest absolute Gasteiger partial charge is 0.272 e. The summed E-state index contributed by atoms with van der Waals surface area (Å²) < 4.78 is 0. The number of nitrogens with zero attached hydrogens (tertiary/aromatic N) is 3. The molecule has 1 aromatic carbocycles. The van der Waals surface area contributed by atoms with E-state index in [0.29, 0.717) is 17.7 Å². The van der Waals surface area contributed by atoms with Gasteiger partial charge in [0.05, 0.1) is 17.4 Å². The number of hydrogen-bond acceptors (Lipinski definition) is 4. The van der Waals surface area contributed by atoms with E-state index in [1.54, 1.807) is 11.8 Å². The Bertz CT molecular complexity index is 561. The van der Waals surface area contributed by atoms with Crippen LogP contribution in [0.25, 0.3) is 0 Å². The maximum absolute atomic E-state index is 12.4. The summed E-state index contributed by atoms with van der Waals surface area (Å²) >= 11 is 0. The van der Waals surface area contributed by atoms with Crippen molar-refractivity contribution in [3.8, 4) is 6.07 Å². The van der Waals surface area contributed by atoms with Crippen molar-refractivity contribution < 1.29 is 9.72 Å². The van der Waals surface area contributed by atoms with Crippen LogP contribution >= 0.6 is 0 Å². The van der Waals surface area contributed by atoms with Crippen molar-refractivity contribution in [3.05, 3.63) is 39.4 Å². The van der Waals surface area contributed by atoms with E-state index in [-0.39, 0.29) is 24.1 Å². The van der Waals surface area contributed by atoms with Gasteiger partial charge in [-0.15, -0.1) is 0 Å². The van der Waals surface area contributed by atoms with Crippen LogP contribution in [0.4, 0.5) is 5.69 Å². The fourth-order valence-electron chi connectivity index (χ4n) is 1.92. The van der Waals surface area contributed by atoms with Gasteiger partial charge in [-0.1, -0.05) is 0 Å². The van der Waals surface area contributed by atoms with E-state index in [1.165, 1.54) is 18.2 Å². The Labute approximate surface area is 117 Å². The van der Waals surface area contributed by atoms with Crippen molar-refractivity contribution in [1.29, 1.82) is 5.26 Å². The number of benzene rings is 1. The van der Waals surface area contributed by atoms with Gasteiger partial charge in [0.2, 0.25) is 0 Å². The predicted molar refractivity (Wildman–Crippen MR) is 74.2 cm³/mol. The van der Waals surface area contributed by atoms with Crippen LogP contribution < -0.4 is 0 Å². The van der Waals surface area contributed by atoms with Crippen molar-refractivity contribution in [1.82, 2.24) is 4.90 Å². The number of amides is 1. The summed E-state index contributed by atoms with van der Waals surface area (Å²) in [6.07, 6.45) is 0.260. The molecule has 0 heterocycles. The number of nitro benzene ring substituents is 1. The average molecular weight is 275 g/mol. The Morgan fingerprint density at radius 2 is 2.15 bits per heavy atom. The fraction of sp³-hybridized carbons (Fsp3) is 0.429. The normalized spacial score (nSPS) is 10.2. The molecule has 0 atom stereocenters. The molecule has 0 saturated heterocycles. The minimum absolute atomic E-state index is 0.00493. The van der Waals surface area contributed by atoms with Crippen LogP contribution in [0, 0.1) is 28.4 Å². The van der Waals surface area contributed by atoms with Crippen molar-refractivity contribution in [2.75, 3.05) is 6.54 Å². The molecule has 0 fully saturated rings. The molecule has 0 aliphatic rings. The lowest BCUT2D eigenvalue weighted by Crippen LogP contribution is -2.37. The molecule has 0 bridgehead atoms. The summed E-state index contributed by atoms with van der Waals surface area (Å²) in [5.41, 5.74) is 0.847. The second kappa shape index (κ2) is 6.66. The molecule has 0 N–H and O–H groups in total. The first-order valence-electron chi connectivity index (χ1n) is 6.31. The largest absolute Gasteiger partial charge is 0.335 e. The molecule has 1 rings (SSSR count). The molecule has 106 valence electrons. The SMILES string of the molecule is Cc1cc(C(=O)N(CCC#N)C(C)C)ccc1[N+](=O)[O-]. The third-order valence-electron chi connectivity index (χ3n) is 2.99. The van der Waals surface area contributed by atoms with E-state index < -0.39 is 4.92 Å². The molecule has 0 saturated carbocycles. The highest BCUT2D eigenvalue weighted by atomic mass is 16.6. The zero-order valence-corrected chi connectivity index (χ0v) is 11.8. The van der Waals surface area contributed by atoms with E-state index in [2.05, 4.69) is 0 Å². The summed E-state index contributed by atoms with van der Waals surface area (Å²) in [5.74, 6) is -0.215. The number of carbonyl (C=O) groups is 1. The van der Waals surface area contributed by atoms with Gasteiger partial charge in [-0.05, 0) is 32.9 Å². The molecule has 6 heteroatoms. The van der Waals surface area contributed by atoms with Gasteiger partial charge in [-0.25, -0.2) is 0 Å². The van der Waals surface area contributed by atoms with Gasteiger partial charge < -0.3 is 4.90 Å². The summed E-state index contributed by atoms with van der Waals surface area (Å²) in [7, 11) is 0. The first-order chi connectivity index (χ1) is 9.38. The predicted octanol–water partition coefficient (Wildman–Crippen LogP) is 2.67. The van der Waals surface area contributed by atoms with Crippen molar-refractivity contribution in [3.63, 3.8) is 0 Å². The lowest BCUT2D eigenvalue weighted by Gasteiger charge is -2.26.